The van der Waals surface area contributed by atoms with Crippen LogP contribution in [0.1, 0.15) is 38.6 Å². The molecule has 0 unspecified atom stereocenters. The van der Waals surface area contributed by atoms with Gasteiger partial charge in [0.1, 0.15) is 18.2 Å². The highest BCUT2D eigenvalue weighted by Gasteiger charge is 2.29. The van der Waals surface area contributed by atoms with Gasteiger partial charge in [-0.3, -0.25) is 9.69 Å². The number of carbonyl (C=O) groups excluding carboxylic acids is 1. The minimum atomic E-state index is -0.206. The summed E-state index contributed by atoms with van der Waals surface area (Å²) in [6.45, 7) is 10.1. The molecule has 0 spiro atoms. The van der Waals surface area contributed by atoms with Crippen LogP contribution in [0.5, 0.6) is 0 Å². The van der Waals surface area contributed by atoms with Gasteiger partial charge in [0.15, 0.2) is 0 Å². The van der Waals surface area contributed by atoms with Crippen molar-refractivity contribution < 1.29 is 9.18 Å². The Hall–Kier alpha value is -2.21. The normalized spacial score (nSPS) is 18.5. The molecule has 1 atom stereocenters. The lowest BCUT2D eigenvalue weighted by atomic mass is 10.0. The summed E-state index contributed by atoms with van der Waals surface area (Å²) in [4.78, 5) is 21.7. The number of halogens is 1. The van der Waals surface area contributed by atoms with E-state index < -0.39 is 0 Å². The topological polar surface area (TPSA) is 41.4 Å². The lowest BCUT2D eigenvalue weighted by Crippen LogP contribution is -2.46. The van der Waals surface area contributed by atoms with Gasteiger partial charge >= 0.3 is 0 Å². The maximum absolute atomic E-state index is 13.2. The van der Waals surface area contributed by atoms with Crippen molar-refractivity contribution in [1.29, 1.82) is 0 Å². The zero-order valence-electron chi connectivity index (χ0n) is 17.1. The van der Waals surface area contributed by atoms with Gasteiger partial charge in [-0.2, -0.15) is 0 Å². The Balaban J connectivity index is 1.69. The van der Waals surface area contributed by atoms with Crippen molar-refractivity contribution in [3.8, 4) is 0 Å². The summed E-state index contributed by atoms with van der Waals surface area (Å²) in [6, 6.07) is 7.02. The molecule has 2 aromatic rings. The third-order valence-electron chi connectivity index (χ3n) is 5.59. The fourth-order valence-corrected chi connectivity index (χ4v) is 3.99. The highest BCUT2D eigenvalue weighted by molar-refractivity contribution is 5.76. The average molecular weight is 387 g/mol. The van der Waals surface area contributed by atoms with Gasteiger partial charge in [0, 0.05) is 51.0 Å². The van der Waals surface area contributed by atoms with Crippen LogP contribution in [0.2, 0.25) is 0 Å². The largest absolute Gasteiger partial charge is 0.340 e. The molecular weight excluding hydrogens is 355 g/mol. The van der Waals surface area contributed by atoms with E-state index in [4.69, 9.17) is 0 Å². The molecule has 0 bridgehead atoms. The quantitative estimate of drug-likeness (QED) is 0.765. The van der Waals surface area contributed by atoms with Crippen molar-refractivity contribution in [2.75, 3.05) is 19.6 Å². The Morgan fingerprint density at radius 3 is 2.68 bits per heavy atom. The molecule has 2 heterocycles. The molecule has 0 radical (unpaired) electrons. The van der Waals surface area contributed by atoms with Crippen LogP contribution >= 0.6 is 0 Å². The number of imidazole rings is 1. The molecule has 1 aliphatic heterocycles. The molecule has 0 aliphatic carbocycles. The number of hydrogen-bond acceptors (Lipinski definition) is 3. The number of carbonyl (C=O) groups is 1. The molecule has 3 rings (SSSR count). The second-order valence-electron chi connectivity index (χ2n) is 7.93. The minimum absolute atomic E-state index is 0.155. The summed E-state index contributed by atoms with van der Waals surface area (Å²) in [5.41, 5.74) is 1.11. The summed E-state index contributed by atoms with van der Waals surface area (Å²) >= 11 is 0. The van der Waals surface area contributed by atoms with Crippen LogP contribution in [-0.4, -0.2) is 50.9 Å². The van der Waals surface area contributed by atoms with Crippen molar-refractivity contribution in [1.82, 2.24) is 19.4 Å². The smallest absolute Gasteiger partial charge is 0.242 e. The first kappa shape index (κ1) is 20.5. The van der Waals surface area contributed by atoms with E-state index in [1.54, 1.807) is 6.20 Å². The lowest BCUT2D eigenvalue weighted by molar-refractivity contribution is -0.132. The van der Waals surface area contributed by atoms with Crippen molar-refractivity contribution >= 4 is 5.91 Å². The van der Waals surface area contributed by atoms with Crippen LogP contribution in [0.25, 0.3) is 0 Å². The van der Waals surface area contributed by atoms with Crippen molar-refractivity contribution in [3.05, 3.63) is 53.9 Å². The predicted molar refractivity (Wildman–Crippen MR) is 108 cm³/mol. The fraction of sp³-hybridized carbons (Fsp3) is 0.545. The van der Waals surface area contributed by atoms with Crippen molar-refractivity contribution in [2.24, 2.45) is 5.92 Å². The molecular formula is C22H31FN4O. The number of aryl methyl sites for hydroxylation is 1. The summed E-state index contributed by atoms with van der Waals surface area (Å²) in [6.07, 6.45) is 5.41. The number of rotatable bonds is 6. The second-order valence-corrected chi connectivity index (χ2v) is 7.93. The highest BCUT2D eigenvalue weighted by Crippen LogP contribution is 2.20. The third-order valence-corrected chi connectivity index (χ3v) is 5.59. The van der Waals surface area contributed by atoms with Gasteiger partial charge in [-0.1, -0.05) is 32.9 Å². The molecule has 152 valence electrons. The Labute approximate surface area is 167 Å². The van der Waals surface area contributed by atoms with Crippen LogP contribution in [0.4, 0.5) is 4.39 Å². The maximum atomic E-state index is 13.2. The Morgan fingerprint density at radius 2 is 2.00 bits per heavy atom. The standard InChI is InChI=1S/C22H31FN4O/c1-4-21-24-10-13-26(21)16-22(28)27-12-5-11-25(20(15-27)17(2)3)14-18-6-8-19(23)9-7-18/h6-10,13,17,20H,4-5,11-12,14-16H2,1-3H3/t20-/m0/s1. The molecule has 0 saturated carbocycles. The molecule has 1 aromatic carbocycles. The zero-order chi connectivity index (χ0) is 20.1. The average Bonchev–Trinajstić information content (AvgIpc) is 3.00. The lowest BCUT2D eigenvalue weighted by Gasteiger charge is -2.34. The summed E-state index contributed by atoms with van der Waals surface area (Å²) < 4.78 is 15.2. The van der Waals surface area contributed by atoms with Crippen LogP contribution in [0.15, 0.2) is 36.7 Å². The van der Waals surface area contributed by atoms with Crippen LogP contribution in [-0.2, 0) is 24.3 Å². The van der Waals surface area contributed by atoms with E-state index in [9.17, 15) is 9.18 Å². The maximum Gasteiger partial charge on any atom is 0.242 e. The molecule has 5 nitrogen and oxygen atoms in total. The minimum Gasteiger partial charge on any atom is -0.340 e. The number of aromatic nitrogens is 2. The molecule has 1 amide bonds. The van der Waals surface area contributed by atoms with Gasteiger partial charge in [-0.05, 0) is 30.0 Å². The van der Waals surface area contributed by atoms with Gasteiger partial charge in [-0.25, -0.2) is 9.37 Å². The van der Waals surface area contributed by atoms with Crippen molar-refractivity contribution in [3.63, 3.8) is 0 Å². The van der Waals surface area contributed by atoms with Crippen LogP contribution in [0, 0.1) is 11.7 Å². The molecule has 0 N–H and O–H groups in total. The zero-order valence-corrected chi connectivity index (χ0v) is 17.1. The number of amides is 1. The molecule has 1 aliphatic rings. The summed E-state index contributed by atoms with van der Waals surface area (Å²) in [5, 5.41) is 0. The van der Waals surface area contributed by atoms with E-state index >= 15 is 0 Å². The SMILES string of the molecule is CCc1nccn1CC(=O)N1CCCN(Cc2ccc(F)cc2)[C@H](C(C)C)C1. The molecule has 6 heteroatoms. The fourth-order valence-electron chi connectivity index (χ4n) is 3.99. The predicted octanol–water partition coefficient (Wildman–Crippen LogP) is 3.34. The van der Waals surface area contributed by atoms with Gasteiger partial charge < -0.3 is 9.47 Å². The Morgan fingerprint density at radius 1 is 1.25 bits per heavy atom. The Kier molecular flexibility index (Phi) is 6.83. The van der Waals surface area contributed by atoms with E-state index in [0.717, 1.165) is 50.4 Å². The second kappa shape index (κ2) is 9.32. The van der Waals surface area contributed by atoms with Crippen LogP contribution < -0.4 is 0 Å². The first-order chi connectivity index (χ1) is 13.5. The van der Waals surface area contributed by atoms with E-state index in [0.29, 0.717) is 12.5 Å². The third kappa shape index (κ3) is 4.98. The molecule has 28 heavy (non-hydrogen) atoms. The number of nitrogens with zero attached hydrogens (tertiary/aromatic N) is 4. The monoisotopic (exact) mass is 386 g/mol. The highest BCUT2D eigenvalue weighted by atomic mass is 19.1. The van der Waals surface area contributed by atoms with Crippen molar-refractivity contribution in [2.45, 2.75) is 52.7 Å². The first-order valence-electron chi connectivity index (χ1n) is 10.2. The summed E-state index contributed by atoms with van der Waals surface area (Å²) in [5.74, 6) is 1.32. The first-order valence-corrected chi connectivity index (χ1v) is 10.2. The molecule has 1 aromatic heterocycles. The van der Waals surface area contributed by atoms with E-state index in [2.05, 4.69) is 30.7 Å². The number of hydrogen-bond donors (Lipinski definition) is 0. The van der Waals surface area contributed by atoms with Crippen LogP contribution in [0.3, 0.4) is 0 Å². The van der Waals surface area contributed by atoms with Gasteiger partial charge in [0.25, 0.3) is 0 Å². The number of benzene rings is 1. The summed E-state index contributed by atoms with van der Waals surface area (Å²) in [7, 11) is 0. The molecule has 1 fully saturated rings. The van der Waals surface area contributed by atoms with Gasteiger partial charge in [0.05, 0.1) is 0 Å². The van der Waals surface area contributed by atoms with E-state index in [1.807, 2.05) is 27.8 Å². The van der Waals surface area contributed by atoms with Gasteiger partial charge in [0.2, 0.25) is 5.91 Å². The van der Waals surface area contributed by atoms with E-state index in [1.165, 1.54) is 12.1 Å². The Bertz CT molecular complexity index is 771. The van der Waals surface area contributed by atoms with Gasteiger partial charge in [-0.15, -0.1) is 0 Å². The van der Waals surface area contributed by atoms with E-state index in [-0.39, 0.29) is 17.8 Å². The molecule has 1 saturated heterocycles.